The summed E-state index contributed by atoms with van der Waals surface area (Å²) in [6, 6.07) is 4.09. The van der Waals surface area contributed by atoms with Crippen molar-refractivity contribution < 1.29 is 9.47 Å². The lowest BCUT2D eigenvalue weighted by Gasteiger charge is -2.20. The number of benzene rings is 1. The molecule has 0 heterocycles. The lowest BCUT2D eigenvalue weighted by Crippen LogP contribution is -2.20. The van der Waals surface area contributed by atoms with Crippen molar-refractivity contribution in [2.75, 3.05) is 20.8 Å². The Hall–Kier alpha value is -1.22. The van der Waals surface area contributed by atoms with E-state index in [1.807, 2.05) is 13.0 Å². The summed E-state index contributed by atoms with van der Waals surface area (Å²) in [5.74, 6) is 1.80. The summed E-state index contributed by atoms with van der Waals surface area (Å²) in [4.78, 5) is 0. The van der Waals surface area contributed by atoms with E-state index in [9.17, 15) is 0 Å². The maximum Gasteiger partial charge on any atom is 0.129 e. The highest BCUT2D eigenvalue weighted by atomic mass is 16.5. The van der Waals surface area contributed by atoms with Crippen LogP contribution in [0.15, 0.2) is 12.1 Å². The Kier molecular flexibility index (Phi) is 2.80. The Morgan fingerprint density at radius 3 is 2.38 bits per heavy atom. The molecule has 0 aliphatic heterocycles. The molecule has 0 saturated heterocycles. The van der Waals surface area contributed by atoms with E-state index in [1.165, 1.54) is 5.56 Å². The molecule has 1 aliphatic rings. The molecule has 1 saturated carbocycles. The number of nitrogens with two attached hydrogens (primary N) is 1. The number of hydrogen-bond donors (Lipinski definition) is 1. The van der Waals surface area contributed by atoms with Crippen molar-refractivity contribution in [3.63, 3.8) is 0 Å². The molecule has 2 rings (SSSR count). The van der Waals surface area contributed by atoms with Crippen LogP contribution in [0.25, 0.3) is 0 Å². The predicted molar refractivity (Wildman–Crippen MR) is 64.2 cm³/mol. The SMILES string of the molecule is COc1ccc(C2(CN)CC2)c(OC)c1C. The molecule has 0 unspecified atom stereocenters. The highest BCUT2D eigenvalue weighted by Gasteiger charge is 2.45. The summed E-state index contributed by atoms with van der Waals surface area (Å²) < 4.78 is 10.8. The normalized spacial score (nSPS) is 17.0. The van der Waals surface area contributed by atoms with Crippen molar-refractivity contribution in [1.82, 2.24) is 0 Å². The van der Waals surface area contributed by atoms with Gasteiger partial charge in [0.2, 0.25) is 0 Å². The average Bonchev–Trinajstić information content (AvgIpc) is 3.09. The second-order valence-corrected chi connectivity index (χ2v) is 4.46. The molecule has 1 aromatic rings. The number of rotatable bonds is 4. The maximum absolute atomic E-state index is 5.86. The average molecular weight is 221 g/mol. The van der Waals surface area contributed by atoms with Crippen molar-refractivity contribution >= 4 is 0 Å². The molecule has 0 spiro atoms. The molecule has 3 heteroatoms. The molecule has 0 amide bonds. The molecule has 16 heavy (non-hydrogen) atoms. The molecule has 1 fully saturated rings. The molecule has 0 aromatic heterocycles. The minimum Gasteiger partial charge on any atom is -0.496 e. The van der Waals surface area contributed by atoms with Gasteiger partial charge in [0.15, 0.2) is 0 Å². The molecular weight excluding hydrogens is 202 g/mol. The van der Waals surface area contributed by atoms with Crippen LogP contribution in [0.2, 0.25) is 0 Å². The number of hydrogen-bond acceptors (Lipinski definition) is 3. The fourth-order valence-electron chi connectivity index (χ4n) is 2.31. The van der Waals surface area contributed by atoms with E-state index < -0.39 is 0 Å². The monoisotopic (exact) mass is 221 g/mol. The zero-order valence-corrected chi connectivity index (χ0v) is 10.2. The van der Waals surface area contributed by atoms with Crippen molar-refractivity contribution in [2.24, 2.45) is 5.73 Å². The van der Waals surface area contributed by atoms with Gasteiger partial charge < -0.3 is 15.2 Å². The zero-order valence-electron chi connectivity index (χ0n) is 10.2. The van der Waals surface area contributed by atoms with Crippen molar-refractivity contribution in [3.8, 4) is 11.5 Å². The van der Waals surface area contributed by atoms with Gasteiger partial charge in [0.25, 0.3) is 0 Å². The third-order valence-corrected chi connectivity index (χ3v) is 3.60. The standard InChI is InChI=1S/C13H19NO2/c1-9-11(15-2)5-4-10(12(9)16-3)13(8-14)6-7-13/h4-5H,6-8,14H2,1-3H3. The van der Waals surface area contributed by atoms with E-state index in [-0.39, 0.29) is 5.41 Å². The first-order valence-electron chi connectivity index (χ1n) is 5.60. The Labute approximate surface area is 96.5 Å². The van der Waals surface area contributed by atoms with Gasteiger partial charge in [-0.05, 0) is 25.8 Å². The largest absolute Gasteiger partial charge is 0.496 e. The smallest absolute Gasteiger partial charge is 0.129 e. The molecule has 2 N–H and O–H groups in total. The topological polar surface area (TPSA) is 44.5 Å². The van der Waals surface area contributed by atoms with E-state index >= 15 is 0 Å². The number of ether oxygens (including phenoxy) is 2. The van der Waals surface area contributed by atoms with Crippen LogP contribution in [0, 0.1) is 6.92 Å². The van der Waals surface area contributed by atoms with Crippen LogP contribution >= 0.6 is 0 Å². The summed E-state index contributed by atoms with van der Waals surface area (Å²) in [6.07, 6.45) is 2.32. The maximum atomic E-state index is 5.86. The molecule has 1 aliphatic carbocycles. The lowest BCUT2D eigenvalue weighted by molar-refractivity contribution is 0.382. The van der Waals surface area contributed by atoms with Gasteiger partial charge in [0.05, 0.1) is 14.2 Å². The minimum atomic E-state index is 0.155. The highest BCUT2D eigenvalue weighted by molar-refractivity contribution is 5.54. The van der Waals surface area contributed by atoms with Crippen LogP contribution in [0.3, 0.4) is 0 Å². The predicted octanol–water partition coefficient (Wildman–Crippen LogP) is 2.00. The lowest BCUT2D eigenvalue weighted by atomic mass is 9.93. The summed E-state index contributed by atoms with van der Waals surface area (Å²) >= 11 is 0. The van der Waals surface area contributed by atoms with E-state index in [0.29, 0.717) is 6.54 Å². The van der Waals surface area contributed by atoms with Gasteiger partial charge in [-0.2, -0.15) is 0 Å². The Morgan fingerprint density at radius 2 is 1.94 bits per heavy atom. The Bertz CT molecular complexity index is 397. The van der Waals surface area contributed by atoms with Gasteiger partial charge in [-0.15, -0.1) is 0 Å². The van der Waals surface area contributed by atoms with Crippen molar-refractivity contribution in [2.45, 2.75) is 25.2 Å². The van der Waals surface area contributed by atoms with Gasteiger partial charge >= 0.3 is 0 Å². The number of methoxy groups -OCH3 is 2. The molecule has 0 radical (unpaired) electrons. The molecule has 88 valence electrons. The minimum absolute atomic E-state index is 0.155. The van der Waals surface area contributed by atoms with Crippen LogP contribution in [0.1, 0.15) is 24.0 Å². The van der Waals surface area contributed by atoms with Crippen molar-refractivity contribution in [1.29, 1.82) is 0 Å². The molecule has 1 aromatic carbocycles. The third kappa shape index (κ3) is 1.55. The van der Waals surface area contributed by atoms with E-state index in [4.69, 9.17) is 15.2 Å². The Balaban J connectivity index is 2.50. The fourth-order valence-corrected chi connectivity index (χ4v) is 2.31. The summed E-state index contributed by atoms with van der Waals surface area (Å²) in [6.45, 7) is 2.71. The van der Waals surface area contributed by atoms with Gasteiger partial charge in [-0.1, -0.05) is 6.07 Å². The van der Waals surface area contributed by atoms with Crippen LogP contribution in [0.4, 0.5) is 0 Å². The zero-order chi connectivity index (χ0) is 11.8. The molecule has 0 atom stereocenters. The van der Waals surface area contributed by atoms with Gasteiger partial charge in [-0.3, -0.25) is 0 Å². The van der Waals surface area contributed by atoms with Crippen molar-refractivity contribution in [3.05, 3.63) is 23.3 Å². The summed E-state index contributed by atoms with van der Waals surface area (Å²) in [5.41, 5.74) is 8.30. The van der Waals surface area contributed by atoms with Gasteiger partial charge in [0, 0.05) is 23.1 Å². The quantitative estimate of drug-likeness (QED) is 0.845. The summed E-state index contributed by atoms with van der Waals surface area (Å²) in [5, 5.41) is 0. The first-order chi connectivity index (χ1) is 7.68. The third-order valence-electron chi connectivity index (χ3n) is 3.60. The first kappa shape index (κ1) is 11.3. The molecule has 3 nitrogen and oxygen atoms in total. The fraction of sp³-hybridized carbons (Fsp3) is 0.538. The van der Waals surface area contributed by atoms with Crippen LogP contribution in [-0.2, 0) is 5.41 Å². The van der Waals surface area contributed by atoms with Gasteiger partial charge in [0.1, 0.15) is 11.5 Å². The van der Waals surface area contributed by atoms with E-state index in [2.05, 4.69) is 6.07 Å². The summed E-state index contributed by atoms with van der Waals surface area (Å²) in [7, 11) is 3.38. The highest BCUT2D eigenvalue weighted by Crippen LogP contribution is 2.52. The second-order valence-electron chi connectivity index (χ2n) is 4.46. The van der Waals surface area contributed by atoms with Crippen LogP contribution in [-0.4, -0.2) is 20.8 Å². The second kappa shape index (κ2) is 3.98. The van der Waals surface area contributed by atoms with Gasteiger partial charge in [-0.25, -0.2) is 0 Å². The molecule has 0 bridgehead atoms. The van der Waals surface area contributed by atoms with E-state index in [1.54, 1.807) is 14.2 Å². The first-order valence-corrected chi connectivity index (χ1v) is 5.60. The van der Waals surface area contributed by atoms with Crippen LogP contribution in [0.5, 0.6) is 11.5 Å². The van der Waals surface area contributed by atoms with E-state index in [0.717, 1.165) is 29.9 Å². The van der Waals surface area contributed by atoms with Crippen LogP contribution < -0.4 is 15.2 Å². The Morgan fingerprint density at radius 1 is 1.25 bits per heavy atom. The molecular formula is C13H19NO2.